The number of thiophene rings is 1. The Bertz CT molecular complexity index is 564. The summed E-state index contributed by atoms with van der Waals surface area (Å²) in [5.74, 6) is 0.0781. The molecule has 2 rings (SSSR count). The minimum atomic E-state index is 0.0781. The highest BCUT2D eigenvalue weighted by atomic mass is 32.1. The minimum Gasteiger partial charge on any atom is -0.399 e. The van der Waals surface area contributed by atoms with Gasteiger partial charge in [0.25, 0.3) is 0 Å². The highest BCUT2D eigenvalue weighted by Gasteiger charge is 2.13. The molecule has 1 aromatic heterocycles. The summed E-state index contributed by atoms with van der Waals surface area (Å²) < 4.78 is 0. The highest BCUT2D eigenvalue weighted by molar-refractivity contribution is 7.14. The van der Waals surface area contributed by atoms with Crippen molar-refractivity contribution in [3.63, 3.8) is 0 Å². The number of hydrogen-bond acceptors (Lipinski definition) is 3. The van der Waals surface area contributed by atoms with E-state index in [1.165, 1.54) is 10.4 Å². The van der Waals surface area contributed by atoms with E-state index in [4.69, 9.17) is 5.73 Å². The molecule has 0 bridgehead atoms. The molecule has 0 aliphatic carbocycles. The van der Waals surface area contributed by atoms with Crippen LogP contribution in [0.4, 0.5) is 5.69 Å². The van der Waals surface area contributed by atoms with E-state index < -0.39 is 0 Å². The molecule has 3 heteroatoms. The number of rotatable bonds is 2. The van der Waals surface area contributed by atoms with Crippen LogP contribution in [0.1, 0.15) is 31.2 Å². The van der Waals surface area contributed by atoms with E-state index in [0.717, 1.165) is 16.1 Å². The molecule has 0 aliphatic heterocycles. The van der Waals surface area contributed by atoms with Gasteiger partial charge in [0.2, 0.25) is 5.78 Å². The second-order valence-corrected chi connectivity index (χ2v) is 5.51. The molecule has 0 saturated heterocycles. The lowest BCUT2D eigenvalue weighted by molar-refractivity contribution is 0.104. The van der Waals surface area contributed by atoms with Crippen molar-refractivity contribution in [3.05, 3.63) is 50.7 Å². The summed E-state index contributed by atoms with van der Waals surface area (Å²) in [5, 5.41) is 0. The first-order valence-electron chi connectivity index (χ1n) is 5.47. The quantitative estimate of drug-likeness (QED) is 0.650. The average molecular weight is 245 g/mol. The summed E-state index contributed by atoms with van der Waals surface area (Å²) in [7, 11) is 0. The molecule has 17 heavy (non-hydrogen) atoms. The van der Waals surface area contributed by atoms with Gasteiger partial charge in [0.15, 0.2) is 0 Å². The number of hydrogen-bond donors (Lipinski definition) is 1. The predicted octanol–water partition coefficient (Wildman–Crippen LogP) is 3.49. The van der Waals surface area contributed by atoms with Crippen molar-refractivity contribution < 1.29 is 4.79 Å². The van der Waals surface area contributed by atoms with Gasteiger partial charge >= 0.3 is 0 Å². The lowest BCUT2D eigenvalue weighted by Crippen LogP contribution is -2.00. The lowest BCUT2D eigenvalue weighted by Gasteiger charge is -2.02. The first-order valence-corrected chi connectivity index (χ1v) is 6.28. The summed E-state index contributed by atoms with van der Waals surface area (Å²) in [4.78, 5) is 14.2. The molecule has 0 aliphatic rings. The van der Waals surface area contributed by atoms with E-state index in [0.29, 0.717) is 5.56 Å². The molecule has 0 saturated carbocycles. The second kappa shape index (κ2) is 4.34. The Hall–Kier alpha value is -1.61. The van der Waals surface area contributed by atoms with Crippen LogP contribution < -0.4 is 5.73 Å². The van der Waals surface area contributed by atoms with Crippen LogP contribution >= 0.6 is 11.3 Å². The summed E-state index contributed by atoms with van der Waals surface area (Å²) in [5.41, 5.74) is 9.29. The van der Waals surface area contributed by atoms with Gasteiger partial charge in [-0.2, -0.15) is 0 Å². The number of aryl methyl sites for hydroxylation is 3. The monoisotopic (exact) mass is 245 g/mol. The molecule has 88 valence electrons. The minimum absolute atomic E-state index is 0.0781. The summed E-state index contributed by atoms with van der Waals surface area (Å²) in [6, 6.07) is 7.38. The first-order chi connectivity index (χ1) is 7.99. The van der Waals surface area contributed by atoms with Crippen LogP contribution in [0.3, 0.4) is 0 Å². The fraction of sp³-hybridized carbons (Fsp3) is 0.214. The molecule has 2 nitrogen and oxygen atoms in total. The molecule has 0 unspecified atom stereocenters. The van der Waals surface area contributed by atoms with Crippen LogP contribution in [-0.2, 0) is 0 Å². The Morgan fingerprint density at radius 1 is 1.12 bits per heavy atom. The normalized spacial score (nSPS) is 10.5. The van der Waals surface area contributed by atoms with Gasteiger partial charge in [0, 0.05) is 16.1 Å². The maximum Gasteiger partial charge on any atom is 0.202 e. The Labute approximate surface area is 105 Å². The molecule has 0 fully saturated rings. The molecule has 0 amide bonds. The number of benzene rings is 1. The summed E-state index contributed by atoms with van der Waals surface area (Å²) in [6.07, 6.45) is 0. The summed E-state index contributed by atoms with van der Waals surface area (Å²) in [6.45, 7) is 5.97. The van der Waals surface area contributed by atoms with Gasteiger partial charge in [-0.1, -0.05) is 0 Å². The summed E-state index contributed by atoms with van der Waals surface area (Å²) >= 11 is 1.55. The molecule has 1 heterocycles. The second-order valence-electron chi connectivity index (χ2n) is 4.25. The molecule has 0 spiro atoms. The fourth-order valence-corrected chi connectivity index (χ4v) is 2.64. The third-order valence-corrected chi connectivity index (χ3v) is 4.07. The Balaban J connectivity index is 2.40. The maximum atomic E-state index is 12.2. The molecular weight excluding hydrogens is 230 g/mol. The lowest BCUT2D eigenvalue weighted by atomic mass is 10.1. The van der Waals surface area contributed by atoms with Gasteiger partial charge < -0.3 is 5.73 Å². The van der Waals surface area contributed by atoms with Gasteiger partial charge in [-0.05, 0) is 56.2 Å². The fourth-order valence-electron chi connectivity index (χ4n) is 1.64. The van der Waals surface area contributed by atoms with Crippen molar-refractivity contribution in [1.82, 2.24) is 0 Å². The van der Waals surface area contributed by atoms with Crippen LogP contribution in [0.2, 0.25) is 0 Å². The zero-order valence-electron chi connectivity index (χ0n) is 10.2. The van der Waals surface area contributed by atoms with E-state index in [9.17, 15) is 4.79 Å². The van der Waals surface area contributed by atoms with Crippen LogP contribution in [0.25, 0.3) is 0 Å². The number of anilines is 1. The SMILES string of the molecule is Cc1cc(C(=O)c2cc(C)c(C)s2)ccc1N. The van der Waals surface area contributed by atoms with Gasteiger partial charge in [0.05, 0.1) is 4.88 Å². The van der Waals surface area contributed by atoms with Gasteiger partial charge in [-0.25, -0.2) is 0 Å². The number of ketones is 1. The topological polar surface area (TPSA) is 43.1 Å². The van der Waals surface area contributed by atoms with Crippen molar-refractivity contribution in [2.24, 2.45) is 0 Å². The highest BCUT2D eigenvalue weighted by Crippen LogP contribution is 2.24. The standard InChI is InChI=1S/C14H15NOS/c1-8-7-13(17-10(8)3)14(16)11-4-5-12(15)9(2)6-11/h4-7H,15H2,1-3H3. The van der Waals surface area contributed by atoms with E-state index in [1.807, 2.05) is 32.9 Å². The van der Waals surface area contributed by atoms with Crippen molar-refractivity contribution >= 4 is 22.8 Å². The third kappa shape index (κ3) is 2.24. The number of carbonyl (C=O) groups excluding carboxylic acids is 1. The van der Waals surface area contributed by atoms with E-state index in [1.54, 1.807) is 23.5 Å². The molecule has 2 aromatic rings. The largest absolute Gasteiger partial charge is 0.399 e. The van der Waals surface area contributed by atoms with Gasteiger partial charge in [0.1, 0.15) is 0 Å². The number of nitrogen functional groups attached to an aromatic ring is 1. The molecule has 0 radical (unpaired) electrons. The van der Waals surface area contributed by atoms with Crippen LogP contribution in [0, 0.1) is 20.8 Å². The van der Waals surface area contributed by atoms with Gasteiger partial charge in [-0.3, -0.25) is 4.79 Å². The number of carbonyl (C=O) groups is 1. The zero-order valence-corrected chi connectivity index (χ0v) is 11.0. The predicted molar refractivity (Wildman–Crippen MR) is 72.8 cm³/mol. The average Bonchev–Trinajstić information content (AvgIpc) is 2.62. The molecular formula is C14H15NOS. The molecule has 1 aromatic carbocycles. The molecule has 2 N–H and O–H groups in total. The Morgan fingerprint density at radius 3 is 2.35 bits per heavy atom. The first kappa shape index (κ1) is 11.9. The van der Waals surface area contributed by atoms with Crippen LogP contribution in [0.5, 0.6) is 0 Å². The van der Waals surface area contributed by atoms with Crippen molar-refractivity contribution in [2.45, 2.75) is 20.8 Å². The van der Waals surface area contributed by atoms with E-state index in [2.05, 4.69) is 0 Å². The number of nitrogens with two attached hydrogens (primary N) is 1. The van der Waals surface area contributed by atoms with Gasteiger partial charge in [-0.15, -0.1) is 11.3 Å². The van der Waals surface area contributed by atoms with E-state index in [-0.39, 0.29) is 5.78 Å². The van der Waals surface area contributed by atoms with Crippen LogP contribution in [0.15, 0.2) is 24.3 Å². The third-order valence-electron chi connectivity index (χ3n) is 2.92. The maximum absolute atomic E-state index is 12.2. The van der Waals surface area contributed by atoms with Crippen molar-refractivity contribution in [1.29, 1.82) is 0 Å². The zero-order chi connectivity index (χ0) is 12.6. The Kier molecular flexibility index (Phi) is 3.03. The van der Waals surface area contributed by atoms with E-state index >= 15 is 0 Å². The smallest absolute Gasteiger partial charge is 0.202 e. The van der Waals surface area contributed by atoms with Crippen molar-refractivity contribution in [2.75, 3.05) is 5.73 Å². The van der Waals surface area contributed by atoms with Crippen LogP contribution in [-0.4, -0.2) is 5.78 Å². The molecule has 0 atom stereocenters. The Morgan fingerprint density at radius 2 is 1.82 bits per heavy atom. The van der Waals surface area contributed by atoms with Crippen molar-refractivity contribution in [3.8, 4) is 0 Å².